The number of nitrogens with one attached hydrogen (secondary N) is 1. The maximum atomic E-state index is 11.0. The minimum atomic E-state index is -0.180. The molecule has 1 atom stereocenters. The Labute approximate surface area is 70.9 Å². The van der Waals surface area contributed by atoms with Crippen LogP contribution in [0, 0.1) is 0 Å². The number of methoxy groups -OCH3 is 1. The molecular weight excluding hydrogens is 162 g/mol. The van der Waals surface area contributed by atoms with Crippen LogP contribution in [0.15, 0.2) is 0 Å². The first-order valence-corrected chi connectivity index (χ1v) is 4.57. The normalized spacial score (nSPS) is 28.5. The molecule has 0 aliphatic carbocycles. The van der Waals surface area contributed by atoms with E-state index in [2.05, 4.69) is 23.9 Å². The van der Waals surface area contributed by atoms with Gasteiger partial charge in [-0.2, -0.15) is 0 Å². The molecule has 1 N–H and O–H groups in total. The highest BCUT2D eigenvalue weighted by molar-refractivity contribution is 8.00. The van der Waals surface area contributed by atoms with Crippen molar-refractivity contribution in [2.24, 2.45) is 0 Å². The summed E-state index contributed by atoms with van der Waals surface area (Å²) in [4.78, 5) is 11.0. The van der Waals surface area contributed by atoms with Crippen LogP contribution in [0.3, 0.4) is 0 Å². The predicted octanol–water partition coefficient (Wildman–Crippen LogP) is 0.600. The van der Waals surface area contributed by atoms with E-state index in [1.807, 2.05) is 0 Å². The molecule has 1 aliphatic rings. The van der Waals surface area contributed by atoms with Gasteiger partial charge in [0.15, 0.2) is 5.37 Å². The molecule has 0 aromatic heterocycles. The van der Waals surface area contributed by atoms with Crippen molar-refractivity contribution < 1.29 is 9.53 Å². The lowest BCUT2D eigenvalue weighted by Gasteiger charge is -2.17. The first-order chi connectivity index (χ1) is 5.05. The monoisotopic (exact) mass is 175 g/mol. The molecule has 1 aliphatic heterocycles. The summed E-state index contributed by atoms with van der Waals surface area (Å²) in [5.74, 6) is 0.771. The maximum Gasteiger partial charge on any atom is 0.333 e. The van der Waals surface area contributed by atoms with Crippen molar-refractivity contribution in [2.75, 3.05) is 12.9 Å². The third-order valence-corrected chi connectivity index (χ3v) is 3.08. The molecule has 0 amide bonds. The Morgan fingerprint density at radius 1 is 1.73 bits per heavy atom. The number of esters is 1. The summed E-state index contributed by atoms with van der Waals surface area (Å²) in [6.45, 7) is 4.14. The second-order valence-electron chi connectivity index (χ2n) is 3.24. The minimum Gasteiger partial charge on any atom is -0.467 e. The van der Waals surface area contributed by atoms with E-state index in [4.69, 9.17) is 0 Å². The summed E-state index contributed by atoms with van der Waals surface area (Å²) >= 11 is 1.60. The summed E-state index contributed by atoms with van der Waals surface area (Å²) in [6.07, 6.45) is 0. The standard InChI is InChI=1S/C7H13NO2S/c1-7(2)4-11-5(8-7)6(9)10-3/h5,8H,4H2,1-3H3. The van der Waals surface area contributed by atoms with Gasteiger partial charge in [-0.25, -0.2) is 4.79 Å². The van der Waals surface area contributed by atoms with Crippen LogP contribution in [0.2, 0.25) is 0 Å². The number of thioether (sulfide) groups is 1. The van der Waals surface area contributed by atoms with E-state index in [-0.39, 0.29) is 16.9 Å². The van der Waals surface area contributed by atoms with Gasteiger partial charge in [-0.1, -0.05) is 0 Å². The number of hydrogen-bond acceptors (Lipinski definition) is 4. The van der Waals surface area contributed by atoms with Gasteiger partial charge in [0.05, 0.1) is 7.11 Å². The summed E-state index contributed by atoms with van der Waals surface area (Å²) in [7, 11) is 1.41. The van der Waals surface area contributed by atoms with Crippen LogP contribution in [0.1, 0.15) is 13.8 Å². The fourth-order valence-electron chi connectivity index (χ4n) is 0.964. The van der Waals surface area contributed by atoms with E-state index in [0.717, 1.165) is 5.75 Å². The zero-order valence-corrected chi connectivity index (χ0v) is 7.83. The zero-order valence-electron chi connectivity index (χ0n) is 7.01. The van der Waals surface area contributed by atoms with Gasteiger partial charge in [-0.3, -0.25) is 5.32 Å². The molecule has 0 spiro atoms. The van der Waals surface area contributed by atoms with Gasteiger partial charge in [0.25, 0.3) is 0 Å². The quantitative estimate of drug-likeness (QED) is 0.592. The SMILES string of the molecule is COC(=O)C1NC(C)(C)CS1. The summed E-state index contributed by atoms with van der Waals surface area (Å²) in [5, 5.41) is 3.00. The molecule has 11 heavy (non-hydrogen) atoms. The van der Waals surface area contributed by atoms with Crippen molar-refractivity contribution in [2.45, 2.75) is 24.8 Å². The van der Waals surface area contributed by atoms with Crippen molar-refractivity contribution in [3.05, 3.63) is 0 Å². The smallest absolute Gasteiger partial charge is 0.333 e. The lowest BCUT2D eigenvalue weighted by molar-refractivity contribution is -0.140. The molecule has 3 nitrogen and oxygen atoms in total. The summed E-state index contributed by atoms with van der Waals surface area (Å²) in [6, 6.07) is 0. The number of carbonyl (C=O) groups excluding carboxylic acids is 1. The molecule has 1 fully saturated rings. The minimum absolute atomic E-state index is 0.0591. The van der Waals surface area contributed by atoms with Gasteiger partial charge in [0, 0.05) is 11.3 Å². The van der Waals surface area contributed by atoms with Crippen molar-refractivity contribution >= 4 is 17.7 Å². The van der Waals surface area contributed by atoms with Crippen LogP contribution in [-0.2, 0) is 9.53 Å². The van der Waals surface area contributed by atoms with Crippen molar-refractivity contribution in [3.8, 4) is 0 Å². The van der Waals surface area contributed by atoms with Crippen LogP contribution in [0.4, 0.5) is 0 Å². The Morgan fingerprint density at radius 2 is 2.36 bits per heavy atom. The van der Waals surface area contributed by atoms with E-state index in [1.165, 1.54) is 7.11 Å². The van der Waals surface area contributed by atoms with Crippen LogP contribution in [0.5, 0.6) is 0 Å². The third kappa shape index (κ3) is 2.10. The van der Waals surface area contributed by atoms with E-state index in [9.17, 15) is 4.79 Å². The number of carbonyl (C=O) groups is 1. The fourth-order valence-corrected chi connectivity index (χ4v) is 2.27. The average molecular weight is 175 g/mol. The fraction of sp³-hybridized carbons (Fsp3) is 0.857. The molecular formula is C7H13NO2S. The highest BCUT2D eigenvalue weighted by Crippen LogP contribution is 2.26. The average Bonchev–Trinajstić information content (AvgIpc) is 2.29. The van der Waals surface area contributed by atoms with Gasteiger partial charge in [-0.05, 0) is 13.8 Å². The van der Waals surface area contributed by atoms with Crippen LogP contribution >= 0.6 is 11.8 Å². The molecule has 0 radical (unpaired) electrons. The first kappa shape index (κ1) is 8.87. The molecule has 0 saturated carbocycles. The van der Waals surface area contributed by atoms with Crippen LogP contribution in [-0.4, -0.2) is 29.7 Å². The zero-order chi connectivity index (χ0) is 8.48. The highest BCUT2D eigenvalue weighted by atomic mass is 32.2. The molecule has 4 heteroatoms. The van der Waals surface area contributed by atoms with Gasteiger partial charge in [0.2, 0.25) is 0 Å². The van der Waals surface area contributed by atoms with Crippen LogP contribution in [0.25, 0.3) is 0 Å². The first-order valence-electron chi connectivity index (χ1n) is 3.52. The molecule has 0 aromatic carbocycles. The van der Waals surface area contributed by atoms with Gasteiger partial charge in [0.1, 0.15) is 0 Å². The summed E-state index contributed by atoms with van der Waals surface area (Å²) in [5.41, 5.74) is 0.0591. The predicted molar refractivity (Wildman–Crippen MR) is 45.5 cm³/mol. The van der Waals surface area contributed by atoms with Crippen molar-refractivity contribution in [1.29, 1.82) is 0 Å². The van der Waals surface area contributed by atoms with Crippen molar-refractivity contribution in [1.82, 2.24) is 5.32 Å². The van der Waals surface area contributed by atoms with Gasteiger partial charge in [-0.15, -0.1) is 11.8 Å². The Kier molecular flexibility index (Phi) is 2.44. The van der Waals surface area contributed by atoms with Gasteiger partial charge >= 0.3 is 5.97 Å². The maximum absolute atomic E-state index is 11.0. The number of rotatable bonds is 1. The Bertz CT molecular complexity index is 170. The largest absolute Gasteiger partial charge is 0.467 e. The molecule has 0 bridgehead atoms. The Balaban J connectivity index is 2.48. The second-order valence-corrected chi connectivity index (χ2v) is 4.34. The lowest BCUT2D eigenvalue weighted by atomic mass is 10.1. The van der Waals surface area contributed by atoms with E-state index in [0.29, 0.717) is 0 Å². The van der Waals surface area contributed by atoms with Gasteiger partial charge < -0.3 is 4.74 Å². The topological polar surface area (TPSA) is 38.3 Å². The molecule has 1 unspecified atom stereocenters. The number of ether oxygens (including phenoxy) is 1. The third-order valence-electron chi connectivity index (χ3n) is 1.55. The Morgan fingerprint density at radius 3 is 2.73 bits per heavy atom. The summed E-state index contributed by atoms with van der Waals surface area (Å²) < 4.78 is 4.61. The number of hydrogen-bond donors (Lipinski definition) is 1. The lowest BCUT2D eigenvalue weighted by Crippen LogP contribution is -2.42. The van der Waals surface area contributed by atoms with E-state index in [1.54, 1.807) is 11.8 Å². The highest BCUT2D eigenvalue weighted by Gasteiger charge is 2.35. The van der Waals surface area contributed by atoms with E-state index >= 15 is 0 Å². The molecule has 0 aromatic rings. The van der Waals surface area contributed by atoms with E-state index < -0.39 is 0 Å². The Hall–Kier alpha value is -0.220. The molecule has 1 rings (SSSR count). The molecule has 1 heterocycles. The second kappa shape index (κ2) is 3.03. The molecule has 64 valence electrons. The van der Waals surface area contributed by atoms with Crippen LogP contribution < -0.4 is 5.32 Å². The molecule has 1 saturated heterocycles. The van der Waals surface area contributed by atoms with Crippen molar-refractivity contribution in [3.63, 3.8) is 0 Å².